The summed E-state index contributed by atoms with van der Waals surface area (Å²) in [4.78, 5) is 2.50. The van der Waals surface area contributed by atoms with Crippen LogP contribution in [0.2, 0.25) is 0 Å². The number of rotatable bonds is 10. The van der Waals surface area contributed by atoms with Crippen LogP contribution in [0.4, 0.5) is 0 Å². The lowest BCUT2D eigenvalue weighted by atomic mass is 9.86. The molecule has 0 unspecified atom stereocenters. The first kappa shape index (κ1) is 16.0. The Morgan fingerprint density at radius 1 is 0.944 bits per heavy atom. The van der Waals surface area contributed by atoms with Crippen LogP contribution in [0.1, 0.15) is 65.2 Å². The van der Waals surface area contributed by atoms with Crippen molar-refractivity contribution in [2.75, 3.05) is 32.7 Å². The van der Waals surface area contributed by atoms with E-state index in [9.17, 15) is 0 Å². The highest BCUT2D eigenvalue weighted by Gasteiger charge is 2.12. The predicted molar refractivity (Wildman–Crippen MR) is 81.1 cm³/mol. The van der Waals surface area contributed by atoms with Crippen molar-refractivity contribution >= 4 is 0 Å². The average Bonchev–Trinajstić information content (AvgIpc) is 2.43. The van der Waals surface area contributed by atoms with Gasteiger partial charge in [-0.25, -0.2) is 0 Å². The van der Waals surface area contributed by atoms with Crippen LogP contribution >= 0.6 is 0 Å². The first-order chi connectivity index (χ1) is 8.86. The van der Waals surface area contributed by atoms with Crippen molar-refractivity contribution in [3.63, 3.8) is 0 Å². The highest BCUT2D eigenvalue weighted by atomic mass is 15.1. The molecule has 1 fully saturated rings. The van der Waals surface area contributed by atoms with E-state index in [1.54, 1.807) is 0 Å². The minimum Gasteiger partial charge on any atom is -0.317 e. The maximum Gasteiger partial charge on any atom is -0.000687 e. The number of nitrogens with one attached hydrogen (secondary N) is 1. The van der Waals surface area contributed by atoms with Crippen molar-refractivity contribution in [3.8, 4) is 0 Å². The zero-order valence-electron chi connectivity index (χ0n) is 12.7. The van der Waals surface area contributed by atoms with Crippen LogP contribution in [0.15, 0.2) is 0 Å². The molecule has 2 heteroatoms. The third-order valence-corrected chi connectivity index (χ3v) is 4.41. The van der Waals surface area contributed by atoms with Gasteiger partial charge in [-0.3, -0.25) is 0 Å². The van der Waals surface area contributed by atoms with Gasteiger partial charge in [0.05, 0.1) is 0 Å². The molecule has 1 aliphatic rings. The second kappa shape index (κ2) is 10.8. The van der Waals surface area contributed by atoms with Crippen LogP contribution < -0.4 is 5.32 Å². The lowest BCUT2D eigenvalue weighted by molar-refractivity contribution is 0.296. The molecule has 0 aromatic rings. The monoisotopic (exact) mass is 254 g/mol. The van der Waals surface area contributed by atoms with Crippen LogP contribution in [-0.4, -0.2) is 37.6 Å². The Morgan fingerprint density at radius 2 is 1.61 bits per heavy atom. The molecular formula is C16H34N2. The van der Waals surface area contributed by atoms with E-state index < -0.39 is 0 Å². The summed E-state index contributed by atoms with van der Waals surface area (Å²) in [6, 6.07) is 0. The van der Waals surface area contributed by atoms with Gasteiger partial charge in [0.15, 0.2) is 0 Å². The summed E-state index contributed by atoms with van der Waals surface area (Å²) in [5.74, 6) is 1.05. The summed E-state index contributed by atoms with van der Waals surface area (Å²) in [5.41, 5.74) is 0. The SMILES string of the molecule is CCN(CC)CCCNCCCC1CCCCC1. The molecule has 0 aromatic carbocycles. The topological polar surface area (TPSA) is 15.3 Å². The van der Waals surface area contributed by atoms with Gasteiger partial charge in [0.1, 0.15) is 0 Å². The van der Waals surface area contributed by atoms with E-state index in [0.717, 1.165) is 5.92 Å². The van der Waals surface area contributed by atoms with E-state index in [2.05, 4.69) is 24.1 Å². The Kier molecular flexibility index (Phi) is 9.59. The molecule has 1 saturated carbocycles. The molecule has 0 radical (unpaired) electrons. The van der Waals surface area contributed by atoms with Gasteiger partial charge in [-0.05, 0) is 57.9 Å². The molecule has 0 aromatic heterocycles. The highest BCUT2D eigenvalue weighted by molar-refractivity contribution is 4.66. The van der Waals surface area contributed by atoms with Crippen molar-refractivity contribution in [2.45, 2.75) is 65.2 Å². The van der Waals surface area contributed by atoms with Gasteiger partial charge in [0.25, 0.3) is 0 Å². The normalized spacial score (nSPS) is 17.5. The Labute approximate surface area is 115 Å². The number of hydrogen-bond acceptors (Lipinski definition) is 2. The van der Waals surface area contributed by atoms with E-state index in [4.69, 9.17) is 0 Å². The van der Waals surface area contributed by atoms with Crippen molar-refractivity contribution in [2.24, 2.45) is 5.92 Å². The molecule has 0 aliphatic heterocycles. The largest absolute Gasteiger partial charge is 0.317 e. The van der Waals surface area contributed by atoms with E-state index in [1.165, 1.54) is 84.1 Å². The third-order valence-electron chi connectivity index (χ3n) is 4.41. The summed E-state index contributed by atoms with van der Waals surface area (Å²) in [5, 5.41) is 3.60. The molecule has 18 heavy (non-hydrogen) atoms. The van der Waals surface area contributed by atoms with E-state index in [-0.39, 0.29) is 0 Å². The zero-order valence-corrected chi connectivity index (χ0v) is 12.7. The minimum absolute atomic E-state index is 1.05. The molecular weight excluding hydrogens is 220 g/mol. The summed E-state index contributed by atoms with van der Waals surface area (Å²) in [6.07, 6.45) is 11.6. The average molecular weight is 254 g/mol. The maximum absolute atomic E-state index is 3.60. The van der Waals surface area contributed by atoms with Gasteiger partial charge in [-0.15, -0.1) is 0 Å². The predicted octanol–water partition coefficient (Wildman–Crippen LogP) is 3.67. The molecule has 1 N–H and O–H groups in total. The summed E-state index contributed by atoms with van der Waals surface area (Å²) >= 11 is 0. The van der Waals surface area contributed by atoms with Crippen molar-refractivity contribution in [1.82, 2.24) is 10.2 Å². The second-order valence-electron chi connectivity index (χ2n) is 5.78. The van der Waals surface area contributed by atoms with Crippen molar-refractivity contribution in [1.29, 1.82) is 0 Å². The molecule has 0 atom stereocenters. The Hall–Kier alpha value is -0.0800. The molecule has 0 heterocycles. The Morgan fingerprint density at radius 3 is 2.28 bits per heavy atom. The standard InChI is InChI=1S/C16H34N2/c1-3-18(4-2)15-9-14-17-13-8-12-16-10-6-5-7-11-16/h16-17H,3-15H2,1-2H3. The van der Waals surface area contributed by atoms with Crippen LogP contribution in [0.3, 0.4) is 0 Å². The first-order valence-electron chi connectivity index (χ1n) is 8.29. The highest BCUT2D eigenvalue weighted by Crippen LogP contribution is 2.26. The van der Waals surface area contributed by atoms with Gasteiger partial charge in [-0.1, -0.05) is 46.0 Å². The Balaban J connectivity index is 1.83. The number of nitrogens with zero attached hydrogens (tertiary/aromatic N) is 1. The molecule has 1 aliphatic carbocycles. The van der Waals surface area contributed by atoms with Crippen LogP contribution in [0.25, 0.3) is 0 Å². The van der Waals surface area contributed by atoms with Gasteiger partial charge in [0.2, 0.25) is 0 Å². The van der Waals surface area contributed by atoms with Gasteiger partial charge < -0.3 is 10.2 Å². The lowest BCUT2D eigenvalue weighted by Crippen LogP contribution is -2.27. The smallest absolute Gasteiger partial charge is 0.000687 e. The fraction of sp³-hybridized carbons (Fsp3) is 1.00. The minimum atomic E-state index is 1.05. The Bertz CT molecular complexity index is 172. The summed E-state index contributed by atoms with van der Waals surface area (Å²) < 4.78 is 0. The third kappa shape index (κ3) is 7.38. The molecule has 0 saturated heterocycles. The van der Waals surface area contributed by atoms with Crippen molar-refractivity contribution < 1.29 is 0 Å². The maximum atomic E-state index is 3.60. The molecule has 108 valence electrons. The number of hydrogen-bond donors (Lipinski definition) is 1. The fourth-order valence-corrected chi connectivity index (χ4v) is 3.08. The first-order valence-corrected chi connectivity index (χ1v) is 8.29. The van der Waals surface area contributed by atoms with Crippen LogP contribution in [0.5, 0.6) is 0 Å². The van der Waals surface area contributed by atoms with E-state index in [0.29, 0.717) is 0 Å². The van der Waals surface area contributed by atoms with Gasteiger partial charge in [0, 0.05) is 0 Å². The lowest BCUT2D eigenvalue weighted by Gasteiger charge is -2.21. The quantitative estimate of drug-likeness (QED) is 0.598. The fourth-order valence-electron chi connectivity index (χ4n) is 3.08. The second-order valence-corrected chi connectivity index (χ2v) is 5.78. The molecule has 0 amide bonds. The molecule has 0 bridgehead atoms. The van der Waals surface area contributed by atoms with E-state index in [1.807, 2.05) is 0 Å². The molecule has 1 rings (SSSR count). The molecule has 2 nitrogen and oxygen atoms in total. The van der Waals surface area contributed by atoms with E-state index >= 15 is 0 Å². The summed E-state index contributed by atoms with van der Waals surface area (Å²) in [6.45, 7) is 10.6. The van der Waals surface area contributed by atoms with Gasteiger partial charge >= 0.3 is 0 Å². The van der Waals surface area contributed by atoms with Gasteiger partial charge in [-0.2, -0.15) is 0 Å². The summed E-state index contributed by atoms with van der Waals surface area (Å²) in [7, 11) is 0. The van der Waals surface area contributed by atoms with Crippen LogP contribution in [-0.2, 0) is 0 Å². The zero-order chi connectivity index (χ0) is 13.1. The van der Waals surface area contributed by atoms with Crippen molar-refractivity contribution in [3.05, 3.63) is 0 Å². The van der Waals surface area contributed by atoms with Crippen LogP contribution in [0, 0.1) is 5.92 Å². The molecule has 0 spiro atoms.